The zero-order valence-corrected chi connectivity index (χ0v) is 11.5. The zero-order chi connectivity index (χ0) is 13.7. The quantitative estimate of drug-likeness (QED) is 0.877. The van der Waals surface area contributed by atoms with Crippen LogP contribution in [0, 0.1) is 5.92 Å². The fraction of sp³-hybridized carbons (Fsp3) is 0.562. The smallest absolute Gasteiger partial charge is 0.303 e. The fourth-order valence-corrected chi connectivity index (χ4v) is 3.13. The molecule has 3 heteroatoms. The molecule has 1 aromatic carbocycles. The molecule has 0 bridgehead atoms. The summed E-state index contributed by atoms with van der Waals surface area (Å²) in [7, 11) is 1.64. The van der Waals surface area contributed by atoms with Crippen molar-refractivity contribution in [2.45, 2.75) is 44.4 Å². The van der Waals surface area contributed by atoms with Crippen molar-refractivity contribution in [1.29, 1.82) is 0 Å². The number of carboxylic acid groups (broad SMARTS) is 1. The third-order valence-corrected chi connectivity index (χ3v) is 4.16. The summed E-state index contributed by atoms with van der Waals surface area (Å²) in [4.78, 5) is 11.1. The van der Waals surface area contributed by atoms with E-state index in [1.165, 1.54) is 19.3 Å². The molecule has 0 spiro atoms. The molecule has 1 aliphatic carbocycles. The summed E-state index contributed by atoms with van der Waals surface area (Å²) < 4.78 is 5.16. The van der Waals surface area contributed by atoms with Gasteiger partial charge in [0, 0.05) is 0 Å². The Kier molecular flexibility index (Phi) is 4.83. The molecule has 1 fully saturated rings. The van der Waals surface area contributed by atoms with Gasteiger partial charge >= 0.3 is 5.97 Å². The van der Waals surface area contributed by atoms with E-state index in [1.807, 2.05) is 24.3 Å². The average Bonchev–Trinajstić information content (AvgIpc) is 2.46. The van der Waals surface area contributed by atoms with E-state index in [4.69, 9.17) is 9.84 Å². The predicted octanol–water partition coefficient (Wildman–Crippen LogP) is 3.83. The molecule has 0 saturated heterocycles. The summed E-state index contributed by atoms with van der Waals surface area (Å²) in [6, 6.07) is 7.88. The van der Waals surface area contributed by atoms with E-state index in [0.717, 1.165) is 24.2 Å². The van der Waals surface area contributed by atoms with Crippen LogP contribution in [0.4, 0.5) is 0 Å². The summed E-state index contributed by atoms with van der Waals surface area (Å²) in [5.74, 6) is 0.773. The Morgan fingerprint density at radius 1 is 1.26 bits per heavy atom. The molecule has 1 aliphatic rings. The van der Waals surface area contributed by atoms with E-state index >= 15 is 0 Å². The van der Waals surface area contributed by atoms with Crippen molar-refractivity contribution in [2.75, 3.05) is 7.11 Å². The van der Waals surface area contributed by atoms with Gasteiger partial charge in [-0.3, -0.25) is 4.79 Å². The largest absolute Gasteiger partial charge is 0.497 e. The molecule has 19 heavy (non-hydrogen) atoms. The summed E-state index contributed by atoms with van der Waals surface area (Å²) in [6.45, 7) is 0. The van der Waals surface area contributed by atoms with E-state index in [9.17, 15) is 4.79 Å². The molecule has 0 aromatic heterocycles. The van der Waals surface area contributed by atoms with Crippen molar-refractivity contribution < 1.29 is 14.6 Å². The number of methoxy groups -OCH3 is 1. The van der Waals surface area contributed by atoms with E-state index < -0.39 is 5.97 Å². The van der Waals surface area contributed by atoms with Gasteiger partial charge in [0.05, 0.1) is 13.5 Å². The number of ether oxygens (including phenoxy) is 1. The molecule has 1 unspecified atom stereocenters. The number of carbonyl (C=O) groups is 1. The van der Waals surface area contributed by atoms with Crippen molar-refractivity contribution in [1.82, 2.24) is 0 Å². The number of carboxylic acids is 1. The Labute approximate surface area is 114 Å². The highest BCUT2D eigenvalue weighted by atomic mass is 16.5. The van der Waals surface area contributed by atoms with Crippen LogP contribution in [-0.2, 0) is 4.79 Å². The van der Waals surface area contributed by atoms with Gasteiger partial charge in [0.15, 0.2) is 0 Å². The van der Waals surface area contributed by atoms with Crippen LogP contribution in [0.1, 0.15) is 50.0 Å². The van der Waals surface area contributed by atoms with Gasteiger partial charge in [-0.25, -0.2) is 0 Å². The minimum absolute atomic E-state index is 0.142. The lowest BCUT2D eigenvalue weighted by atomic mass is 9.75. The third kappa shape index (κ3) is 3.72. The van der Waals surface area contributed by atoms with Crippen LogP contribution >= 0.6 is 0 Å². The molecule has 1 N–H and O–H groups in total. The molecule has 0 heterocycles. The van der Waals surface area contributed by atoms with Crippen molar-refractivity contribution in [3.05, 3.63) is 29.8 Å². The van der Waals surface area contributed by atoms with Crippen LogP contribution in [0.2, 0.25) is 0 Å². The van der Waals surface area contributed by atoms with Gasteiger partial charge in [0.2, 0.25) is 0 Å². The van der Waals surface area contributed by atoms with Crippen LogP contribution in [0.5, 0.6) is 5.75 Å². The van der Waals surface area contributed by atoms with Crippen molar-refractivity contribution in [3.63, 3.8) is 0 Å². The first-order valence-electron chi connectivity index (χ1n) is 7.06. The minimum Gasteiger partial charge on any atom is -0.497 e. The van der Waals surface area contributed by atoms with Crippen LogP contribution in [-0.4, -0.2) is 18.2 Å². The maximum Gasteiger partial charge on any atom is 0.303 e. The molecule has 0 aliphatic heterocycles. The second kappa shape index (κ2) is 6.60. The van der Waals surface area contributed by atoms with Crippen molar-refractivity contribution in [2.24, 2.45) is 5.92 Å². The normalized spacial score (nSPS) is 17.9. The monoisotopic (exact) mass is 262 g/mol. The summed E-state index contributed by atoms with van der Waals surface area (Å²) in [6.07, 6.45) is 6.30. The van der Waals surface area contributed by atoms with E-state index in [0.29, 0.717) is 5.92 Å². The number of aliphatic carboxylic acids is 1. The van der Waals surface area contributed by atoms with Gasteiger partial charge < -0.3 is 9.84 Å². The molecule has 0 amide bonds. The van der Waals surface area contributed by atoms with Gasteiger partial charge in [-0.05, 0) is 42.4 Å². The molecule has 1 atom stereocenters. The molecular formula is C16H22O3. The number of hydrogen-bond acceptors (Lipinski definition) is 2. The number of rotatable bonds is 5. The maximum atomic E-state index is 11.1. The van der Waals surface area contributed by atoms with Crippen LogP contribution < -0.4 is 4.74 Å². The third-order valence-electron chi connectivity index (χ3n) is 4.16. The Morgan fingerprint density at radius 3 is 2.42 bits per heavy atom. The molecule has 2 rings (SSSR count). The topological polar surface area (TPSA) is 46.5 Å². The Bertz CT molecular complexity index is 405. The molecule has 0 radical (unpaired) electrons. The van der Waals surface area contributed by atoms with Gasteiger partial charge in [-0.2, -0.15) is 0 Å². The maximum absolute atomic E-state index is 11.1. The first kappa shape index (κ1) is 13.9. The van der Waals surface area contributed by atoms with E-state index in [-0.39, 0.29) is 12.3 Å². The Morgan fingerprint density at radius 2 is 1.89 bits per heavy atom. The number of benzene rings is 1. The standard InChI is InChI=1S/C16H22O3/c1-19-14-9-7-13(8-10-14)15(11-16(17)18)12-5-3-2-4-6-12/h7-10,12,15H,2-6,11H2,1H3,(H,17,18). The average molecular weight is 262 g/mol. The van der Waals surface area contributed by atoms with Crippen LogP contribution in [0.3, 0.4) is 0 Å². The summed E-state index contributed by atoms with van der Waals surface area (Å²) >= 11 is 0. The van der Waals surface area contributed by atoms with E-state index in [2.05, 4.69) is 0 Å². The molecule has 3 nitrogen and oxygen atoms in total. The van der Waals surface area contributed by atoms with Gasteiger partial charge in [0.1, 0.15) is 5.75 Å². The lowest BCUT2D eigenvalue weighted by molar-refractivity contribution is -0.137. The summed E-state index contributed by atoms with van der Waals surface area (Å²) in [5.41, 5.74) is 1.13. The molecule has 1 aromatic rings. The van der Waals surface area contributed by atoms with Gasteiger partial charge in [-0.1, -0.05) is 31.4 Å². The Balaban J connectivity index is 2.17. The predicted molar refractivity (Wildman–Crippen MR) is 74.6 cm³/mol. The molecule has 104 valence electrons. The highest BCUT2D eigenvalue weighted by Crippen LogP contribution is 2.38. The summed E-state index contributed by atoms with van der Waals surface area (Å²) in [5, 5.41) is 9.15. The zero-order valence-electron chi connectivity index (χ0n) is 11.5. The number of hydrogen-bond donors (Lipinski definition) is 1. The minimum atomic E-state index is -0.702. The molecular weight excluding hydrogens is 240 g/mol. The fourth-order valence-electron chi connectivity index (χ4n) is 3.13. The van der Waals surface area contributed by atoms with Crippen molar-refractivity contribution in [3.8, 4) is 5.75 Å². The second-order valence-electron chi connectivity index (χ2n) is 5.38. The first-order chi connectivity index (χ1) is 9.20. The highest BCUT2D eigenvalue weighted by Gasteiger charge is 2.27. The lowest BCUT2D eigenvalue weighted by Gasteiger charge is -2.29. The van der Waals surface area contributed by atoms with Gasteiger partial charge in [-0.15, -0.1) is 0 Å². The van der Waals surface area contributed by atoms with Crippen LogP contribution in [0.25, 0.3) is 0 Å². The SMILES string of the molecule is COc1ccc(C(CC(=O)O)C2CCCCC2)cc1. The highest BCUT2D eigenvalue weighted by molar-refractivity contribution is 5.68. The van der Waals surface area contributed by atoms with E-state index in [1.54, 1.807) is 7.11 Å². The van der Waals surface area contributed by atoms with Gasteiger partial charge in [0.25, 0.3) is 0 Å². The second-order valence-corrected chi connectivity index (χ2v) is 5.38. The van der Waals surface area contributed by atoms with Crippen LogP contribution in [0.15, 0.2) is 24.3 Å². The first-order valence-corrected chi connectivity index (χ1v) is 7.06. The lowest BCUT2D eigenvalue weighted by Crippen LogP contribution is -2.19. The molecule has 1 saturated carbocycles. The van der Waals surface area contributed by atoms with Crippen molar-refractivity contribution >= 4 is 5.97 Å². The Hall–Kier alpha value is -1.51.